The van der Waals surface area contributed by atoms with Gasteiger partial charge in [-0.1, -0.05) is 78.6 Å². The molecule has 0 aliphatic heterocycles. The molecule has 0 radical (unpaired) electrons. The van der Waals surface area contributed by atoms with E-state index in [1.807, 2.05) is 6.92 Å². The van der Waals surface area contributed by atoms with Crippen molar-refractivity contribution in [2.75, 3.05) is 0 Å². The molecule has 0 aliphatic carbocycles. The summed E-state index contributed by atoms with van der Waals surface area (Å²) in [6.45, 7) is 6.12. The average Bonchev–Trinajstić information content (AvgIpc) is 2.88. The second-order valence-electron chi connectivity index (χ2n) is 7.70. The van der Waals surface area contributed by atoms with E-state index in [1.54, 1.807) is 0 Å². The normalized spacial score (nSPS) is 14.6. The van der Waals surface area contributed by atoms with Crippen molar-refractivity contribution in [2.24, 2.45) is 7.05 Å². The summed E-state index contributed by atoms with van der Waals surface area (Å²) in [5.41, 5.74) is -1.65. The minimum atomic E-state index is -4.55. The first-order valence-corrected chi connectivity index (χ1v) is 10.0. The van der Waals surface area contributed by atoms with Crippen LogP contribution < -0.4 is 0 Å². The van der Waals surface area contributed by atoms with Crippen LogP contribution in [-0.2, 0) is 18.6 Å². The van der Waals surface area contributed by atoms with Crippen LogP contribution in [0.5, 0.6) is 5.88 Å². The van der Waals surface area contributed by atoms with Gasteiger partial charge in [-0.2, -0.15) is 18.3 Å². The van der Waals surface area contributed by atoms with Gasteiger partial charge in [0.1, 0.15) is 0 Å². The van der Waals surface area contributed by atoms with Crippen LogP contribution in [0.3, 0.4) is 0 Å². The van der Waals surface area contributed by atoms with Gasteiger partial charge < -0.3 is 5.11 Å². The van der Waals surface area contributed by atoms with Gasteiger partial charge in [-0.25, -0.2) is 4.68 Å². The molecule has 0 aromatic carbocycles. The second-order valence-corrected chi connectivity index (χ2v) is 7.70. The molecule has 1 rings (SSSR count). The largest absolute Gasteiger partial charge is 0.493 e. The Morgan fingerprint density at radius 2 is 1.35 bits per heavy atom. The van der Waals surface area contributed by atoms with Crippen molar-refractivity contribution in [1.82, 2.24) is 9.78 Å². The summed E-state index contributed by atoms with van der Waals surface area (Å²) in [4.78, 5) is 0. The molecule has 0 fully saturated rings. The minimum Gasteiger partial charge on any atom is -0.493 e. The topological polar surface area (TPSA) is 38.0 Å². The SMILES string of the molecule is CCCCCCCC(C)(CCCCCC)c1c(C(F)(F)F)nn(C)c1O. The lowest BCUT2D eigenvalue weighted by Gasteiger charge is -2.31. The highest BCUT2D eigenvalue weighted by Crippen LogP contribution is 2.46. The fourth-order valence-electron chi connectivity index (χ4n) is 3.70. The van der Waals surface area contributed by atoms with E-state index in [0.29, 0.717) is 12.8 Å². The third-order valence-corrected chi connectivity index (χ3v) is 5.30. The first-order chi connectivity index (χ1) is 12.2. The molecular weight excluding hydrogens is 341 g/mol. The molecule has 1 unspecified atom stereocenters. The number of hydrogen-bond acceptors (Lipinski definition) is 2. The number of nitrogens with zero attached hydrogens (tertiary/aromatic N) is 2. The molecule has 1 atom stereocenters. The maximum absolute atomic E-state index is 13.5. The van der Waals surface area contributed by atoms with E-state index >= 15 is 0 Å². The number of alkyl halides is 3. The maximum atomic E-state index is 13.5. The first-order valence-electron chi connectivity index (χ1n) is 10.0. The molecule has 3 nitrogen and oxygen atoms in total. The van der Waals surface area contributed by atoms with Gasteiger partial charge in [-0.3, -0.25) is 0 Å². The fraction of sp³-hybridized carbons (Fsp3) is 0.850. The van der Waals surface area contributed by atoms with Gasteiger partial charge in [0.25, 0.3) is 0 Å². The second kappa shape index (κ2) is 10.2. The molecule has 0 aliphatic rings. The zero-order chi connectivity index (χ0) is 19.8. The van der Waals surface area contributed by atoms with Crippen molar-refractivity contribution in [3.8, 4) is 5.88 Å². The van der Waals surface area contributed by atoms with Crippen molar-refractivity contribution in [3.63, 3.8) is 0 Å². The zero-order valence-corrected chi connectivity index (χ0v) is 16.8. The summed E-state index contributed by atoms with van der Waals surface area (Å²) >= 11 is 0. The predicted molar refractivity (Wildman–Crippen MR) is 99.4 cm³/mol. The number of rotatable bonds is 12. The molecule has 1 aromatic rings. The molecule has 6 heteroatoms. The lowest BCUT2D eigenvalue weighted by molar-refractivity contribution is -0.142. The highest BCUT2D eigenvalue weighted by molar-refractivity contribution is 5.39. The Morgan fingerprint density at radius 3 is 1.81 bits per heavy atom. The van der Waals surface area contributed by atoms with Crippen LogP contribution in [0.15, 0.2) is 0 Å². The van der Waals surface area contributed by atoms with Crippen LogP contribution in [0.2, 0.25) is 0 Å². The van der Waals surface area contributed by atoms with Crippen molar-refractivity contribution in [3.05, 3.63) is 11.3 Å². The number of aromatic hydroxyl groups is 1. The van der Waals surface area contributed by atoms with Gasteiger partial charge in [0.2, 0.25) is 5.88 Å². The Morgan fingerprint density at radius 1 is 0.885 bits per heavy atom. The monoisotopic (exact) mass is 376 g/mol. The Labute approximate surface area is 156 Å². The van der Waals surface area contributed by atoms with E-state index in [1.165, 1.54) is 7.05 Å². The van der Waals surface area contributed by atoms with Crippen LogP contribution in [-0.4, -0.2) is 14.9 Å². The number of halogens is 3. The molecule has 1 heterocycles. The predicted octanol–water partition coefficient (Wildman–Crippen LogP) is 6.73. The summed E-state index contributed by atoms with van der Waals surface area (Å²) in [5.74, 6) is -0.344. The third-order valence-electron chi connectivity index (χ3n) is 5.30. The van der Waals surface area contributed by atoms with Gasteiger partial charge in [0.05, 0.1) is 5.56 Å². The van der Waals surface area contributed by atoms with E-state index in [-0.39, 0.29) is 11.4 Å². The van der Waals surface area contributed by atoms with Crippen molar-refractivity contribution in [1.29, 1.82) is 0 Å². The molecular formula is C20H35F3N2O. The highest BCUT2D eigenvalue weighted by Gasteiger charge is 2.45. The summed E-state index contributed by atoms with van der Waals surface area (Å²) in [7, 11) is 1.37. The number of aromatic nitrogens is 2. The number of aryl methyl sites for hydroxylation is 1. The van der Waals surface area contributed by atoms with Gasteiger partial charge in [0.15, 0.2) is 5.69 Å². The molecule has 0 saturated heterocycles. The quantitative estimate of drug-likeness (QED) is 0.411. The zero-order valence-electron chi connectivity index (χ0n) is 16.8. The van der Waals surface area contributed by atoms with Gasteiger partial charge in [-0.05, 0) is 12.8 Å². The maximum Gasteiger partial charge on any atom is 0.435 e. The molecule has 26 heavy (non-hydrogen) atoms. The van der Waals surface area contributed by atoms with Crippen molar-refractivity contribution >= 4 is 0 Å². The Balaban J connectivity index is 3.07. The lowest BCUT2D eigenvalue weighted by Crippen LogP contribution is -2.26. The Hall–Kier alpha value is -1.20. The molecule has 1 aromatic heterocycles. The Bertz CT molecular complexity index is 540. The summed E-state index contributed by atoms with van der Waals surface area (Å²) in [6, 6.07) is 0. The minimum absolute atomic E-state index is 0.0144. The van der Waals surface area contributed by atoms with Gasteiger partial charge >= 0.3 is 6.18 Å². The van der Waals surface area contributed by atoms with E-state index in [4.69, 9.17) is 0 Å². The van der Waals surface area contributed by atoms with E-state index in [0.717, 1.165) is 62.5 Å². The smallest absolute Gasteiger partial charge is 0.435 e. The summed E-state index contributed by atoms with van der Waals surface area (Å²) < 4.78 is 41.5. The van der Waals surface area contributed by atoms with Crippen LogP contribution in [0.25, 0.3) is 0 Å². The Kier molecular flexibility index (Phi) is 8.97. The standard InChI is InChI=1S/C20H35F3N2O/c1-5-7-9-11-13-15-19(3,14-12-10-8-6-2)16-17(20(21,22)23)24-25(4)18(16)26/h26H,5-15H2,1-4H3. The molecule has 0 saturated carbocycles. The number of hydrogen-bond donors (Lipinski definition) is 1. The molecule has 0 bridgehead atoms. The lowest BCUT2D eigenvalue weighted by atomic mass is 9.73. The molecule has 1 N–H and O–H groups in total. The molecule has 0 spiro atoms. The fourth-order valence-corrected chi connectivity index (χ4v) is 3.70. The third kappa shape index (κ3) is 6.20. The van der Waals surface area contributed by atoms with Crippen LogP contribution in [0, 0.1) is 0 Å². The van der Waals surface area contributed by atoms with Crippen LogP contribution in [0.1, 0.15) is 103 Å². The first kappa shape index (κ1) is 22.8. The van der Waals surface area contributed by atoms with Gasteiger partial charge in [0, 0.05) is 12.5 Å². The average molecular weight is 377 g/mol. The van der Waals surface area contributed by atoms with E-state index in [2.05, 4.69) is 18.9 Å². The highest BCUT2D eigenvalue weighted by atomic mass is 19.4. The van der Waals surface area contributed by atoms with Crippen LogP contribution in [0.4, 0.5) is 13.2 Å². The summed E-state index contributed by atoms with van der Waals surface area (Å²) in [6.07, 6.45) is 6.04. The molecule has 152 valence electrons. The molecule has 0 amide bonds. The van der Waals surface area contributed by atoms with E-state index < -0.39 is 17.3 Å². The van der Waals surface area contributed by atoms with E-state index in [9.17, 15) is 18.3 Å². The van der Waals surface area contributed by atoms with Gasteiger partial charge in [-0.15, -0.1) is 0 Å². The number of unbranched alkanes of at least 4 members (excludes halogenated alkanes) is 7. The van der Waals surface area contributed by atoms with Crippen molar-refractivity contribution in [2.45, 2.75) is 103 Å². The van der Waals surface area contributed by atoms with Crippen LogP contribution >= 0.6 is 0 Å². The summed E-state index contributed by atoms with van der Waals surface area (Å²) in [5, 5.41) is 14.0. The van der Waals surface area contributed by atoms with Crippen molar-refractivity contribution < 1.29 is 18.3 Å².